The van der Waals surface area contributed by atoms with Crippen molar-refractivity contribution in [2.75, 3.05) is 11.9 Å². The Morgan fingerprint density at radius 1 is 1.17 bits per heavy atom. The van der Waals surface area contributed by atoms with Crippen LogP contribution in [0.25, 0.3) is 0 Å². The van der Waals surface area contributed by atoms with Crippen molar-refractivity contribution in [2.45, 2.75) is 32.7 Å². The van der Waals surface area contributed by atoms with Gasteiger partial charge in [0.1, 0.15) is 0 Å². The predicted molar refractivity (Wildman–Crippen MR) is 95.1 cm³/mol. The van der Waals surface area contributed by atoms with Crippen LogP contribution in [-0.2, 0) is 0 Å². The topological polar surface area (TPSA) is 32.3 Å². The molecule has 4 heteroatoms. The summed E-state index contributed by atoms with van der Waals surface area (Å²) in [6.45, 7) is 4.82. The van der Waals surface area contributed by atoms with Crippen LogP contribution in [0.3, 0.4) is 0 Å². The minimum absolute atomic E-state index is 0.0313. The fraction of sp³-hybridized carbons (Fsp3) is 0.316. The summed E-state index contributed by atoms with van der Waals surface area (Å²) in [5.74, 6) is 0. The molecule has 1 heterocycles. The van der Waals surface area contributed by atoms with Gasteiger partial charge in [0.05, 0.1) is 6.04 Å². The largest absolute Gasteiger partial charge is 0.322 e. The van der Waals surface area contributed by atoms with Crippen LogP contribution >= 0.6 is 11.6 Å². The van der Waals surface area contributed by atoms with Crippen LogP contribution in [0.2, 0.25) is 5.02 Å². The van der Waals surface area contributed by atoms with Gasteiger partial charge in [-0.1, -0.05) is 35.9 Å². The lowest BCUT2D eigenvalue weighted by Gasteiger charge is -2.26. The molecule has 120 valence electrons. The van der Waals surface area contributed by atoms with Gasteiger partial charge in [-0.05, 0) is 61.6 Å². The average Bonchev–Trinajstić information content (AvgIpc) is 3.01. The van der Waals surface area contributed by atoms with Crippen LogP contribution in [0.5, 0.6) is 0 Å². The molecule has 2 aromatic carbocycles. The molecule has 0 aliphatic carbocycles. The Labute approximate surface area is 142 Å². The molecule has 0 radical (unpaired) electrons. The van der Waals surface area contributed by atoms with Crippen molar-refractivity contribution in [3.05, 3.63) is 64.2 Å². The molecule has 0 unspecified atom stereocenters. The Morgan fingerprint density at radius 2 is 1.91 bits per heavy atom. The Bertz CT molecular complexity index is 712. The monoisotopic (exact) mass is 328 g/mol. The molecule has 1 saturated heterocycles. The van der Waals surface area contributed by atoms with Gasteiger partial charge in [-0.3, -0.25) is 0 Å². The summed E-state index contributed by atoms with van der Waals surface area (Å²) in [5.41, 5.74) is 4.24. The molecule has 0 saturated carbocycles. The molecule has 0 bridgehead atoms. The Hall–Kier alpha value is -2.00. The average molecular weight is 329 g/mol. The van der Waals surface area contributed by atoms with Crippen molar-refractivity contribution in [3.63, 3.8) is 0 Å². The molecule has 1 N–H and O–H groups in total. The number of likely N-dealkylation sites (tertiary alicyclic amines) is 1. The van der Waals surface area contributed by atoms with Crippen LogP contribution < -0.4 is 5.32 Å². The molecule has 1 aliphatic rings. The molecule has 0 aromatic heterocycles. The molecule has 1 fully saturated rings. The van der Waals surface area contributed by atoms with E-state index in [0.29, 0.717) is 0 Å². The summed E-state index contributed by atoms with van der Waals surface area (Å²) in [6, 6.07) is 14.0. The Balaban J connectivity index is 1.78. The van der Waals surface area contributed by atoms with Gasteiger partial charge in [0.15, 0.2) is 0 Å². The van der Waals surface area contributed by atoms with Gasteiger partial charge in [0.2, 0.25) is 0 Å². The summed E-state index contributed by atoms with van der Waals surface area (Å²) in [4.78, 5) is 14.6. The van der Waals surface area contributed by atoms with E-state index in [-0.39, 0.29) is 12.1 Å². The molecule has 2 aromatic rings. The third kappa shape index (κ3) is 3.50. The molecule has 3 rings (SSSR count). The van der Waals surface area contributed by atoms with E-state index in [2.05, 4.69) is 11.4 Å². The molecule has 1 atom stereocenters. The van der Waals surface area contributed by atoms with E-state index in [1.54, 1.807) is 0 Å². The third-order valence-electron chi connectivity index (χ3n) is 4.40. The van der Waals surface area contributed by atoms with E-state index in [1.165, 1.54) is 0 Å². The molecule has 2 amide bonds. The molecular formula is C19H21ClN2O. The minimum atomic E-state index is -0.0313. The first-order valence-corrected chi connectivity index (χ1v) is 8.33. The quantitative estimate of drug-likeness (QED) is 0.794. The number of anilines is 1. The zero-order valence-corrected chi connectivity index (χ0v) is 14.2. The lowest BCUT2D eigenvalue weighted by Crippen LogP contribution is -2.34. The zero-order chi connectivity index (χ0) is 16.4. The van der Waals surface area contributed by atoms with Crippen molar-refractivity contribution in [2.24, 2.45) is 0 Å². The summed E-state index contributed by atoms with van der Waals surface area (Å²) in [7, 11) is 0. The molecule has 3 nitrogen and oxygen atoms in total. The lowest BCUT2D eigenvalue weighted by atomic mass is 10.0. The van der Waals surface area contributed by atoms with Crippen LogP contribution in [0.4, 0.5) is 10.5 Å². The smallest absolute Gasteiger partial charge is 0.317 e. The van der Waals surface area contributed by atoms with Gasteiger partial charge in [-0.25, -0.2) is 4.79 Å². The van der Waals surface area contributed by atoms with E-state index >= 15 is 0 Å². The van der Waals surface area contributed by atoms with Gasteiger partial charge in [-0.2, -0.15) is 0 Å². The highest BCUT2D eigenvalue weighted by Crippen LogP contribution is 2.33. The first-order valence-electron chi connectivity index (χ1n) is 7.95. The number of hydrogen-bond acceptors (Lipinski definition) is 1. The minimum Gasteiger partial charge on any atom is -0.317 e. The van der Waals surface area contributed by atoms with Crippen molar-refractivity contribution >= 4 is 23.3 Å². The van der Waals surface area contributed by atoms with Crippen molar-refractivity contribution in [1.29, 1.82) is 0 Å². The third-order valence-corrected chi connectivity index (χ3v) is 4.66. The highest BCUT2D eigenvalue weighted by molar-refractivity contribution is 6.30. The fourth-order valence-electron chi connectivity index (χ4n) is 3.10. The van der Waals surface area contributed by atoms with Crippen LogP contribution in [0, 0.1) is 13.8 Å². The SMILES string of the molecule is Cc1ccc(C)c(NC(=O)N2CCC[C@@H]2c2ccc(Cl)cc2)c1. The lowest BCUT2D eigenvalue weighted by molar-refractivity contribution is 0.207. The summed E-state index contributed by atoms with van der Waals surface area (Å²) in [5, 5.41) is 3.79. The van der Waals surface area contributed by atoms with E-state index in [1.807, 2.05) is 55.1 Å². The number of nitrogens with zero attached hydrogens (tertiary/aromatic N) is 1. The number of rotatable bonds is 2. The molecule has 1 aliphatic heterocycles. The molecule has 23 heavy (non-hydrogen) atoms. The normalized spacial score (nSPS) is 17.3. The van der Waals surface area contributed by atoms with E-state index < -0.39 is 0 Å². The van der Waals surface area contributed by atoms with Gasteiger partial charge in [-0.15, -0.1) is 0 Å². The van der Waals surface area contributed by atoms with E-state index in [9.17, 15) is 4.79 Å². The van der Waals surface area contributed by atoms with Crippen LogP contribution in [-0.4, -0.2) is 17.5 Å². The summed E-state index contributed by atoms with van der Waals surface area (Å²) >= 11 is 5.96. The van der Waals surface area contributed by atoms with Gasteiger partial charge in [0.25, 0.3) is 0 Å². The second-order valence-electron chi connectivity index (χ2n) is 6.15. The van der Waals surface area contributed by atoms with Crippen molar-refractivity contribution in [1.82, 2.24) is 4.90 Å². The number of aryl methyl sites for hydroxylation is 2. The predicted octanol–water partition coefficient (Wildman–Crippen LogP) is 5.33. The second kappa shape index (κ2) is 6.63. The maximum Gasteiger partial charge on any atom is 0.322 e. The second-order valence-corrected chi connectivity index (χ2v) is 6.59. The van der Waals surface area contributed by atoms with E-state index in [4.69, 9.17) is 11.6 Å². The highest BCUT2D eigenvalue weighted by Gasteiger charge is 2.30. The summed E-state index contributed by atoms with van der Waals surface area (Å²) in [6.07, 6.45) is 2.01. The first kappa shape index (κ1) is 15.9. The van der Waals surface area contributed by atoms with Gasteiger partial charge < -0.3 is 10.2 Å². The van der Waals surface area contributed by atoms with Gasteiger partial charge >= 0.3 is 6.03 Å². The first-order chi connectivity index (χ1) is 11.0. The number of urea groups is 1. The maximum absolute atomic E-state index is 12.7. The maximum atomic E-state index is 12.7. The molecular weight excluding hydrogens is 308 g/mol. The fourth-order valence-corrected chi connectivity index (χ4v) is 3.22. The number of hydrogen-bond donors (Lipinski definition) is 1. The number of amides is 2. The highest BCUT2D eigenvalue weighted by atomic mass is 35.5. The van der Waals surface area contributed by atoms with Crippen LogP contribution in [0.1, 0.15) is 35.6 Å². The number of carbonyl (C=O) groups excluding carboxylic acids is 1. The van der Waals surface area contributed by atoms with Crippen molar-refractivity contribution in [3.8, 4) is 0 Å². The zero-order valence-electron chi connectivity index (χ0n) is 13.5. The standard InChI is InChI=1S/C19H21ClN2O/c1-13-5-6-14(2)17(12-13)21-19(23)22-11-3-4-18(22)15-7-9-16(20)10-8-15/h5-10,12,18H,3-4,11H2,1-2H3,(H,21,23)/t18-/m1/s1. The number of benzene rings is 2. The number of nitrogens with one attached hydrogen (secondary N) is 1. The Kier molecular flexibility index (Phi) is 4.58. The van der Waals surface area contributed by atoms with E-state index in [0.717, 1.165) is 46.8 Å². The van der Waals surface area contributed by atoms with Gasteiger partial charge in [0, 0.05) is 17.3 Å². The summed E-state index contributed by atoms with van der Waals surface area (Å²) < 4.78 is 0. The number of halogens is 1. The van der Waals surface area contributed by atoms with Crippen LogP contribution in [0.15, 0.2) is 42.5 Å². The Morgan fingerprint density at radius 3 is 2.65 bits per heavy atom. The number of carbonyl (C=O) groups is 1. The van der Waals surface area contributed by atoms with Crippen molar-refractivity contribution < 1.29 is 4.79 Å². The molecule has 0 spiro atoms.